The first-order valence-corrected chi connectivity index (χ1v) is 10.6. The number of rotatable bonds is 5. The number of aromatic nitrogens is 5. The fourth-order valence-electron chi connectivity index (χ4n) is 3.66. The van der Waals surface area contributed by atoms with Crippen molar-refractivity contribution in [2.24, 2.45) is 0 Å². The zero-order valence-electron chi connectivity index (χ0n) is 17.5. The molecule has 30 heavy (non-hydrogen) atoms. The summed E-state index contributed by atoms with van der Waals surface area (Å²) in [4.78, 5) is 17.3. The molecule has 0 aliphatic heterocycles. The summed E-state index contributed by atoms with van der Waals surface area (Å²) in [7, 11) is 0. The molecule has 3 aromatic heterocycles. The predicted octanol–water partition coefficient (Wildman–Crippen LogP) is 4.57. The first-order valence-electron chi connectivity index (χ1n) is 9.57. The Kier molecular flexibility index (Phi) is 5.19. The van der Waals surface area contributed by atoms with Crippen LogP contribution in [-0.2, 0) is 0 Å². The minimum Gasteiger partial charge on any atom is -0.318 e. The van der Waals surface area contributed by atoms with E-state index in [1.54, 1.807) is 13.0 Å². The summed E-state index contributed by atoms with van der Waals surface area (Å²) >= 11 is 1.33. The Labute approximate surface area is 178 Å². The molecule has 3 heterocycles. The highest BCUT2D eigenvalue weighted by Gasteiger charge is 2.19. The van der Waals surface area contributed by atoms with E-state index in [9.17, 15) is 9.18 Å². The quantitative estimate of drug-likeness (QED) is 0.347. The van der Waals surface area contributed by atoms with E-state index < -0.39 is 0 Å². The van der Waals surface area contributed by atoms with Gasteiger partial charge in [-0.05, 0) is 64.4 Å². The van der Waals surface area contributed by atoms with Crippen molar-refractivity contribution in [2.45, 2.75) is 39.8 Å². The van der Waals surface area contributed by atoms with Crippen LogP contribution in [0.15, 0.2) is 35.5 Å². The second kappa shape index (κ2) is 7.68. The lowest BCUT2D eigenvalue weighted by Crippen LogP contribution is -2.07. The fraction of sp³-hybridized carbons (Fsp3) is 0.273. The molecule has 0 aliphatic carbocycles. The van der Waals surface area contributed by atoms with Gasteiger partial charge < -0.3 is 4.57 Å². The van der Waals surface area contributed by atoms with Gasteiger partial charge in [0.25, 0.3) is 5.78 Å². The van der Waals surface area contributed by atoms with Gasteiger partial charge >= 0.3 is 0 Å². The van der Waals surface area contributed by atoms with Gasteiger partial charge in [-0.3, -0.25) is 9.20 Å². The zero-order chi connectivity index (χ0) is 21.6. The monoisotopic (exact) mass is 423 g/mol. The molecule has 0 amide bonds. The average Bonchev–Trinajstić information content (AvgIpc) is 3.22. The van der Waals surface area contributed by atoms with Crippen LogP contribution in [-0.4, -0.2) is 35.7 Å². The van der Waals surface area contributed by atoms with Crippen LogP contribution in [0.4, 0.5) is 4.39 Å². The summed E-state index contributed by atoms with van der Waals surface area (Å²) < 4.78 is 17.8. The van der Waals surface area contributed by atoms with E-state index in [-0.39, 0.29) is 17.4 Å². The van der Waals surface area contributed by atoms with E-state index in [0.717, 1.165) is 22.8 Å². The Morgan fingerprint density at radius 1 is 1.03 bits per heavy atom. The minimum atomic E-state index is -0.263. The summed E-state index contributed by atoms with van der Waals surface area (Å²) in [6, 6.07) is 8.92. The number of aryl methyl sites for hydroxylation is 4. The molecule has 6 nitrogen and oxygen atoms in total. The number of benzene rings is 1. The lowest BCUT2D eigenvalue weighted by atomic mass is 10.2. The highest BCUT2D eigenvalue weighted by Crippen LogP contribution is 2.25. The van der Waals surface area contributed by atoms with Gasteiger partial charge in [0.1, 0.15) is 5.82 Å². The molecule has 0 saturated heterocycles. The van der Waals surface area contributed by atoms with Crippen molar-refractivity contribution in [3.8, 4) is 5.69 Å². The average molecular weight is 424 g/mol. The van der Waals surface area contributed by atoms with E-state index in [1.165, 1.54) is 17.8 Å². The maximum atomic E-state index is 14.1. The molecular weight excluding hydrogens is 401 g/mol. The molecule has 0 saturated carbocycles. The molecule has 0 N–H and O–H groups in total. The molecule has 4 aromatic rings. The molecule has 0 bridgehead atoms. The molecule has 0 spiro atoms. The topological polar surface area (TPSA) is 65.1 Å². The van der Waals surface area contributed by atoms with Crippen LogP contribution in [0.5, 0.6) is 0 Å². The summed E-state index contributed by atoms with van der Waals surface area (Å²) in [5, 5.41) is 8.94. The van der Waals surface area contributed by atoms with Gasteiger partial charge in [0.15, 0.2) is 10.9 Å². The van der Waals surface area contributed by atoms with Crippen LogP contribution >= 0.6 is 11.8 Å². The number of hydrogen-bond acceptors (Lipinski definition) is 5. The smallest absolute Gasteiger partial charge is 0.256 e. The maximum Gasteiger partial charge on any atom is 0.256 e. The molecular formula is C22H22FN5OS. The number of carbonyl (C=O) groups is 1. The molecule has 0 radical (unpaired) electrons. The predicted molar refractivity (Wildman–Crippen MR) is 115 cm³/mol. The van der Waals surface area contributed by atoms with Gasteiger partial charge in [-0.15, -0.1) is 10.2 Å². The van der Waals surface area contributed by atoms with Crippen LogP contribution in [0.3, 0.4) is 0 Å². The van der Waals surface area contributed by atoms with Crippen LogP contribution < -0.4 is 0 Å². The number of Topliss-reactive ketones (excluding diaryl/α,β-unsaturated/α-hetero) is 1. The van der Waals surface area contributed by atoms with E-state index in [4.69, 9.17) is 0 Å². The Balaban J connectivity index is 1.60. The van der Waals surface area contributed by atoms with Crippen molar-refractivity contribution >= 4 is 23.3 Å². The van der Waals surface area contributed by atoms with Crippen LogP contribution in [0.1, 0.15) is 38.7 Å². The molecule has 154 valence electrons. The Morgan fingerprint density at radius 3 is 2.53 bits per heavy atom. The summed E-state index contributed by atoms with van der Waals surface area (Å²) in [6.07, 6.45) is 0. The lowest BCUT2D eigenvalue weighted by Gasteiger charge is -2.11. The van der Waals surface area contributed by atoms with Crippen molar-refractivity contribution in [2.75, 3.05) is 5.75 Å². The van der Waals surface area contributed by atoms with E-state index in [0.29, 0.717) is 27.7 Å². The third-order valence-corrected chi connectivity index (χ3v) is 6.07. The number of hydrogen-bond donors (Lipinski definition) is 0. The van der Waals surface area contributed by atoms with Crippen molar-refractivity contribution in [3.63, 3.8) is 0 Å². The second-order valence-electron chi connectivity index (χ2n) is 7.42. The Bertz CT molecular complexity index is 1290. The summed E-state index contributed by atoms with van der Waals surface area (Å²) in [6.45, 7) is 9.40. The normalized spacial score (nSPS) is 11.4. The summed E-state index contributed by atoms with van der Waals surface area (Å²) in [5.41, 5.74) is 5.45. The number of carbonyl (C=O) groups excluding carboxylic acids is 1. The molecule has 0 unspecified atom stereocenters. The van der Waals surface area contributed by atoms with Crippen molar-refractivity contribution in [1.29, 1.82) is 0 Å². The molecule has 0 atom stereocenters. The van der Waals surface area contributed by atoms with Gasteiger partial charge in [-0.25, -0.2) is 9.37 Å². The number of ketones is 1. The molecule has 8 heteroatoms. The molecule has 1 aromatic carbocycles. The van der Waals surface area contributed by atoms with Crippen LogP contribution in [0.25, 0.3) is 11.5 Å². The Hall–Kier alpha value is -3.00. The van der Waals surface area contributed by atoms with Gasteiger partial charge in [0.05, 0.1) is 5.75 Å². The van der Waals surface area contributed by atoms with Crippen LogP contribution in [0.2, 0.25) is 0 Å². The van der Waals surface area contributed by atoms with Crippen molar-refractivity contribution in [1.82, 2.24) is 24.1 Å². The standard InChI is InChI=1S/C22H22FN5OS/c1-12-6-7-17(10-19(12)23)27-15(4)9-18(16(27)5)20(29)11-30-22-26-25-21-24-13(2)8-14(3)28(21)22/h6-10H,11H2,1-5H3. The number of halogens is 1. The number of thioether (sulfide) groups is 1. The SMILES string of the molecule is Cc1cc(C)n2c(SCC(=O)c3cc(C)n(-c4ccc(C)c(F)c4)c3C)nnc2n1. The summed E-state index contributed by atoms with van der Waals surface area (Å²) in [5.74, 6) is 0.477. The highest BCUT2D eigenvalue weighted by atomic mass is 32.2. The number of nitrogens with zero attached hydrogens (tertiary/aromatic N) is 5. The Morgan fingerprint density at radius 2 is 1.80 bits per heavy atom. The fourth-order valence-corrected chi connectivity index (χ4v) is 4.53. The third kappa shape index (κ3) is 3.52. The third-order valence-electron chi connectivity index (χ3n) is 5.14. The zero-order valence-corrected chi connectivity index (χ0v) is 18.3. The van der Waals surface area contributed by atoms with E-state index >= 15 is 0 Å². The van der Waals surface area contributed by atoms with Crippen molar-refractivity contribution in [3.05, 3.63) is 70.1 Å². The number of fused-ring (bicyclic) bond motifs is 1. The van der Waals surface area contributed by atoms with Gasteiger partial charge in [-0.1, -0.05) is 17.8 Å². The minimum absolute atomic E-state index is 0.0126. The maximum absolute atomic E-state index is 14.1. The lowest BCUT2D eigenvalue weighted by molar-refractivity contribution is 0.102. The van der Waals surface area contributed by atoms with Gasteiger partial charge in [0, 0.05) is 34.0 Å². The van der Waals surface area contributed by atoms with Gasteiger partial charge in [0.2, 0.25) is 0 Å². The molecule has 4 rings (SSSR count). The molecule has 0 fully saturated rings. The van der Waals surface area contributed by atoms with E-state index in [1.807, 2.05) is 54.9 Å². The van der Waals surface area contributed by atoms with Crippen LogP contribution in [0, 0.1) is 40.4 Å². The largest absolute Gasteiger partial charge is 0.318 e. The van der Waals surface area contributed by atoms with Crippen molar-refractivity contribution < 1.29 is 9.18 Å². The van der Waals surface area contributed by atoms with Gasteiger partial charge in [-0.2, -0.15) is 0 Å². The first kappa shape index (κ1) is 20.3. The first-order chi connectivity index (χ1) is 14.3. The molecule has 0 aliphatic rings. The second-order valence-corrected chi connectivity index (χ2v) is 8.36. The van der Waals surface area contributed by atoms with E-state index in [2.05, 4.69) is 15.2 Å². The highest BCUT2D eigenvalue weighted by molar-refractivity contribution is 7.99.